The van der Waals surface area contributed by atoms with Gasteiger partial charge in [-0.2, -0.15) is 0 Å². The molecule has 1 aromatic carbocycles. The largest absolute Gasteiger partial charge is 0.336 e. The van der Waals surface area contributed by atoms with E-state index < -0.39 is 0 Å². The Kier molecular flexibility index (Phi) is 5.06. The molecule has 1 amide bonds. The van der Waals surface area contributed by atoms with Gasteiger partial charge in [-0.15, -0.1) is 0 Å². The molecule has 1 aliphatic heterocycles. The van der Waals surface area contributed by atoms with Crippen LogP contribution in [0.2, 0.25) is 0 Å². The van der Waals surface area contributed by atoms with E-state index in [4.69, 9.17) is 0 Å². The summed E-state index contributed by atoms with van der Waals surface area (Å²) in [6.45, 7) is 3.59. The summed E-state index contributed by atoms with van der Waals surface area (Å²) in [5.74, 6) is 1.60. The van der Waals surface area contributed by atoms with Crippen LogP contribution in [0.15, 0.2) is 47.5 Å². The summed E-state index contributed by atoms with van der Waals surface area (Å²) in [5.41, 5.74) is 2.13. The van der Waals surface area contributed by atoms with Crippen molar-refractivity contribution in [2.75, 3.05) is 6.54 Å². The van der Waals surface area contributed by atoms with Gasteiger partial charge in [-0.1, -0.05) is 37.3 Å². The number of carbonyl (C=O) groups is 1. The first kappa shape index (κ1) is 18.2. The Morgan fingerprint density at radius 1 is 1.25 bits per heavy atom. The molecule has 0 bridgehead atoms. The van der Waals surface area contributed by atoms with Crippen molar-refractivity contribution >= 4 is 5.91 Å². The maximum Gasteiger partial charge on any atom is 0.254 e. The van der Waals surface area contributed by atoms with Gasteiger partial charge >= 0.3 is 0 Å². The predicted octanol–water partition coefficient (Wildman–Crippen LogP) is 2.17. The lowest BCUT2D eigenvalue weighted by atomic mass is 10.1. The van der Waals surface area contributed by atoms with Crippen molar-refractivity contribution in [3.63, 3.8) is 0 Å². The third-order valence-electron chi connectivity index (χ3n) is 5.16. The zero-order valence-electron chi connectivity index (χ0n) is 15.9. The van der Waals surface area contributed by atoms with Crippen LogP contribution in [0.1, 0.15) is 30.4 Å². The van der Waals surface area contributed by atoms with E-state index in [9.17, 15) is 9.59 Å². The molecule has 7 nitrogen and oxygen atoms in total. The van der Waals surface area contributed by atoms with Crippen LogP contribution >= 0.6 is 0 Å². The van der Waals surface area contributed by atoms with Crippen molar-refractivity contribution in [2.45, 2.75) is 39.3 Å². The highest BCUT2D eigenvalue weighted by Gasteiger charge is 2.24. The zero-order valence-corrected chi connectivity index (χ0v) is 15.9. The van der Waals surface area contributed by atoms with E-state index in [1.807, 2.05) is 41.1 Å². The van der Waals surface area contributed by atoms with E-state index in [1.54, 1.807) is 11.1 Å². The number of carbonyl (C=O) groups excluding carboxylic acids is 1. The Morgan fingerprint density at radius 2 is 2.07 bits per heavy atom. The topological polar surface area (TPSA) is 83.9 Å². The van der Waals surface area contributed by atoms with Crippen molar-refractivity contribution in [1.29, 1.82) is 0 Å². The smallest absolute Gasteiger partial charge is 0.254 e. The Hall–Kier alpha value is -3.22. The SMILES string of the molecule is CCc1nccn1CCC(=O)N1CCc2c(nc(-c3ccccc3)[nH]c2=O)C1. The molecule has 4 rings (SSSR count). The maximum absolute atomic E-state index is 12.7. The highest BCUT2D eigenvalue weighted by molar-refractivity contribution is 5.76. The molecule has 0 aliphatic carbocycles. The van der Waals surface area contributed by atoms with E-state index >= 15 is 0 Å². The number of hydrogen-bond donors (Lipinski definition) is 1. The van der Waals surface area contributed by atoms with Crippen molar-refractivity contribution in [3.8, 4) is 11.4 Å². The summed E-state index contributed by atoms with van der Waals surface area (Å²) in [7, 11) is 0. The van der Waals surface area contributed by atoms with Crippen LogP contribution in [0, 0.1) is 0 Å². The van der Waals surface area contributed by atoms with E-state index in [1.165, 1.54) is 0 Å². The molecule has 0 radical (unpaired) electrons. The molecule has 0 fully saturated rings. The van der Waals surface area contributed by atoms with Crippen LogP contribution in [0.4, 0.5) is 0 Å². The molecule has 3 aromatic rings. The van der Waals surface area contributed by atoms with Gasteiger partial charge in [0.25, 0.3) is 5.56 Å². The molecule has 0 spiro atoms. The number of aryl methyl sites for hydroxylation is 2. The number of aromatic nitrogens is 4. The van der Waals surface area contributed by atoms with Crippen molar-refractivity contribution in [3.05, 3.63) is 70.2 Å². The first-order valence-electron chi connectivity index (χ1n) is 9.61. The van der Waals surface area contributed by atoms with E-state index in [0.29, 0.717) is 49.6 Å². The minimum atomic E-state index is -0.109. The molecular weight excluding hydrogens is 354 g/mol. The fraction of sp³-hybridized carbons (Fsp3) is 0.333. The molecule has 2 aromatic heterocycles. The Balaban J connectivity index is 1.50. The number of rotatable bonds is 5. The van der Waals surface area contributed by atoms with Crippen LogP contribution in [-0.2, 0) is 30.7 Å². The van der Waals surface area contributed by atoms with E-state index in [2.05, 4.69) is 21.9 Å². The van der Waals surface area contributed by atoms with Gasteiger partial charge in [0, 0.05) is 49.5 Å². The number of benzene rings is 1. The molecule has 144 valence electrons. The lowest BCUT2D eigenvalue weighted by Crippen LogP contribution is -2.39. The minimum Gasteiger partial charge on any atom is -0.336 e. The fourth-order valence-corrected chi connectivity index (χ4v) is 3.62. The maximum atomic E-state index is 12.7. The lowest BCUT2D eigenvalue weighted by molar-refractivity contribution is -0.132. The zero-order chi connectivity index (χ0) is 19.5. The van der Waals surface area contributed by atoms with Gasteiger partial charge in [0.05, 0.1) is 12.2 Å². The summed E-state index contributed by atoms with van der Waals surface area (Å²) in [6, 6.07) is 9.56. The second kappa shape index (κ2) is 7.80. The van der Waals surface area contributed by atoms with Gasteiger partial charge < -0.3 is 14.5 Å². The van der Waals surface area contributed by atoms with Gasteiger partial charge in [0.2, 0.25) is 5.91 Å². The Morgan fingerprint density at radius 3 is 2.86 bits per heavy atom. The molecule has 1 aliphatic rings. The van der Waals surface area contributed by atoms with Crippen LogP contribution < -0.4 is 5.56 Å². The Labute approximate surface area is 163 Å². The predicted molar refractivity (Wildman–Crippen MR) is 106 cm³/mol. The molecule has 7 heteroatoms. The summed E-state index contributed by atoms with van der Waals surface area (Å²) in [5, 5.41) is 0. The average molecular weight is 377 g/mol. The number of H-pyrrole nitrogens is 1. The molecule has 1 N–H and O–H groups in total. The number of nitrogens with one attached hydrogen (secondary N) is 1. The number of aromatic amines is 1. The van der Waals surface area contributed by atoms with Gasteiger partial charge in [0.15, 0.2) is 0 Å². The van der Waals surface area contributed by atoms with Gasteiger partial charge in [-0.3, -0.25) is 9.59 Å². The van der Waals surface area contributed by atoms with Crippen LogP contribution in [-0.4, -0.2) is 36.9 Å². The number of amides is 1. The first-order chi connectivity index (χ1) is 13.7. The van der Waals surface area contributed by atoms with E-state index in [-0.39, 0.29) is 11.5 Å². The van der Waals surface area contributed by atoms with E-state index in [0.717, 1.165) is 17.8 Å². The van der Waals surface area contributed by atoms with Gasteiger partial charge in [-0.25, -0.2) is 9.97 Å². The van der Waals surface area contributed by atoms with Crippen molar-refractivity contribution < 1.29 is 4.79 Å². The van der Waals surface area contributed by atoms with Crippen molar-refractivity contribution in [1.82, 2.24) is 24.4 Å². The summed E-state index contributed by atoms with van der Waals surface area (Å²) in [6.07, 6.45) is 5.46. The Bertz CT molecular complexity index is 1040. The molecule has 0 unspecified atom stereocenters. The second-order valence-electron chi connectivity index (χ2n) is 6.91. The highest BCUT2D eigenvalue weighted by Crippen LogP contribution is 2.19. The monoisotopic (exact) mass is 377 g/mol. The average Bonchev–Trinajstić information content (AvgIpc) is 3.19. The normalized spacial score (nSPS) is 13.4. The van der Waals surface area contributed by atoms with Gasteiger partial charge in [-0.05, 0) is 6.42 Å². The third kappa shape index (κ3) is 3.60. The highest BCUT2D eigenvalue weighted by atomic mass is 16.2. The third-order valence-corrected chi connectivity index (χ3v) is 5.16. The molecular formula is C21H23N5O2. The summed E-state index contributed by atoms with van der Waals surface area (Å²) < 4.78 is 2.02. The van der Waals surface area contributed by atoms with Crippen LogP contribution in [0.5, 0.6) is 0 Å². The first-order valence-corrected chi connectivity index (χ1v) is 9.61. The van der Waals surface area contributed by atoms with Crippen molar-refractivity contribution in [2.24, 2.45) is 0 Å². The quantitative estimate of drug-likeness (QED) is 0.739. The molecule has 0 saturated heterocycles. The molecule has 0 saturated carbocycles. The number of fused-ring (bicyclic) bond motifs is 1. The fourth-order valence-electron chi connectivity index (χ4n) is 3.62. The number of imidazole rings is 1. The molecule has 3 heterocycles. The number of nitrogens with zero attached hydrogens (tertiary/aromatic N) is 4. The molecule has 28 heavy (non-hydrogen) atoms. The van der Waals surface area contributed by atoms with Gasteiger partial charge in [0.1, 0.15) is 11.6 Å². The summed E-state index contributed by atoms with van der Waals surface area (Å²) >= 11 is 0. The molecule has 0 atom stereocenters. The van der Waals surface area contributed by atoms with Crippen LogP contribution in [0.25, 0.3) is 11.4 Å². The number of hydrogen-bond acceptors (Lipinski definition) is 4. The summed E-state index contributed by atoms with van der Waals surface area (Å²) in [4.78, 5) is 38.8. The lowest BCUT2D eigenvalue weighted by Gasteiger charge is -2.28. The second-order valence-corrected chi connectivity index (χ2v) is 6.91. The van der Waals surface area contributed by atoms with Crippen LogP contribution in [0.3, 0.4) is 0 Å². The minimum absolute atomic E-state index is 0.0738. The standard InChI is InChI=1S/C21H23N5O2/c1-2-18-22-10-13-25(18)12-9-19(27)26-11-8-16-17(14-26)23-20(24-21(16)28)15-6-4-3-5-7-15/h3-7,10,13H,2,8-9,11-12,14H2,1H3,(H,23,24,28).